The lowest BCUT2D eigenvalue weighted by Gasteiger charge is -2.48. The van der Waals surface area contributed by atoms with Crippen molar-refractivity contribution >= 4 is 5.91 Å². The molecule has 0 aliphatic carbocycles. The average molecular weight is 1330 g/mol. The molecule has 1 amide bonds. The number of nitrogens with one attached hydrogen (secondary N) is 1. The number of amides is 1. The lowest BCUT2D eigenvalue weighted by atomic mass is 9.96. The minimum atomic E-state index is -1.98. The first kappa shape index (κ1) is 85.2. The van der Waals surface area contributed by atoms with Crippen LogP contribution in [0.2, 0.25) is 0 Å². The van der Waals surface area contributed by atoms with Gasteiger partial charge in [0, 0.05) is 6.42 Å². The van der Waals surface area contributed by atoms with Crippen molar-refractivity contribution in [1.82, 2.24) is 5.32 Å². The maximum Gasteiger partial charge on any atom is 0.220 e. The van der Waals surface area contributed by atoms with E-state index in [0.29, 0.717) is 12.8 Å². The highest BCUT2D eigenvalue weighted by molar-refractivity contribution is 5.76. The quantitative estimate of drug-likeness (QED) is 0.0199. The summed E-state index contributed by atoms with van der Waals surface area (Å²) in [5.41, 5.74) is 0. The average Bonchev–Trinajstić information content (AvgIpc) is 0.996. The number of aliphatic hydroxyl groups is 11. The molecule has 0 spiro atoms. The molecule has 0 radical (unpaired) electrons. The maximum atomic E-state index is 13.4. The molecule has 19 heteroatoms. The Morgan fingerprint density at radius 2 is 0.688 bits per heavy atom. The number of hydrogen-bond acceptors (Lipinski definition) is 18. The molecule has 3 heterocycles. The van der Waals surface area contributed by atoms with Gasteiger partial charge in [-0.15, -0.1) is 0 Å². The summed E-state index contributed by atoms with van der Waals surface area (Å²) in [5, 5.41) is 121. The Kier molecular flexibility index (Phi) is 51.2. The number of rotatable bonds is 59. The molecular formula is C74H137NO18. The maximum absolute atomic E-state index is 13.4. The van der Waals surface area contributed by atoms with Gasteiger partial charge in [-0.1, -0.05) is 281 Å². The third-order valence-electron chi connectivity index (χ3n) is 18.9. The summed E-state index contributed by atoms with van der Waals surface area (Å²) < 4.78 is 34.4. The summed E-state index contributed by atoms with van der Waals surface area (Å²) in [5.74, 6) is -0.284. The zero-order chi connectivity index (χ0) is 67.5. The largest absolute Gasteiger partial charge is 0.394 e. The van der Waals surface area contributed by atoms with Crippen LogP contribution in [-0.4, -0.2) is 193 Å². The molecule has 0 aromatic heterocycles. The van der Waals surface area contributed by atoms with Crippen LogP contribution in [-0.2, 0) is 33.2 Å². The highest BCUT2D eigenvalue weighted by Crippen LogP contribution is 2.33. The predicted octanol–water partition coefficient (Wildman–Crippen LogP) is 11.2. The number of ether oxygens (including phenoxy) is 6. The van der Waals surface area contributed by atoms with Crippen molar-refractivity contribution in [3.05, 3.63) is 36.5 Å². The smallest absolute Gasteiger partial charge is 0.220 e. The van der Waals surface area contributed by atoms with Gasteiger partial charge in [0.15, 0.2) is 18.9 Å². The fraction of sp³-hybridized carbons (Fsp3) is 0.905. The van der Waals surface area contributed by atoms with Gasteiger partial charge in [-0.3, -0.25) is 4.79 Å². The molecule has 0 bridgehead atoms. The van der Waals surface area contributed by atoms with Crippen LogP contribution in [0.15, 0.2) is 36.5 Å². The first-order valence-electron chi connectivity index (χ1n) is 37.7. The van der Waals surface area contributed by atoms with E-state index in [1.807, 2.05) is 6.08 Å². The van der Waals surface area contributed by atoms with Gasteiger partial charge in [0.2, 0.25) is 5.91 Å². The molecule has 93 heavy (non-hydrogen) atoms. The first-order valence-corrected chi connectivity index (χ1v) is 37.7. The molecule has 17 atom stereocenters. The molecule has 0 aromatic carbocycles. The van der Waals surface area contributed by atoms with Gasteiger partial charge >= 0.3 is 0 Å². The van der Waals surface area contributed by atoms with Crippen molar-refractivity contribution in [3.63, 3.8) is 0 Å². The zero-order valence-electron chi connectivity index (χ0n) is 58.0. The van der Waals surface area contributed by atoms with Crippen LogP contribution in [0.1, 0.15) is 296 Å². The van der Waals surface area contributed by atoms with Gasteiger partial charge in [-0.25, -0.2) is 0 Å². The van der Waals surface area contributed by atoms with E-state index in [9.17, 15) is 61.0 Å². The van der Waals surface area contributed by atoms with Crippen LogP contribution in [0.25, 0.3) is 0 Å². The topological polar surface area (TPSA) is 307 Å². The molecule has 546 valence electrons. The second-order valence-corrected chi connectivity index (χ2v) is 27.1. The highest BCUT2D eigenvalue weighted by atomic mass is 16.8. The van der Waals surface area contributed by atoms with Crippen molar-refractivity contribution < 1.29 is 89.4 Å². The molecule has 19 nitrogen and oxygen atoms in total. The molecule has 12 N–H and O–H groups in total. The Balaban J connectivity index is 1.43. The summed E-state index contributed by atoms with van der Waals surface area (Å²) in [6, 6.07) is -0.995. The lowest BCUT2D eigenvalue weighted by Crippen LogP contribution is -2.66. The van der Waals surface area contributed by atoms with Crippen LogP contribution >= 0.6 is 0 Å². The Bertz CT molecular complexity index is 1830. The van der Waals surface area contributed by atoms with Gasteiger partial charge in [0.25, 0.3) is 0 Å². The number of unbranched alkanes of at least 4 members (excludes halogenated alkanes) is 39. The van der Waals surface area contributed by atoms with Crippen LogP contribution in [0, 0.1) is 0 Å². The lowest BCUT2D eigenvalue weighted by molar-refractivity contribution is -0.379. The Morgan fingerprint density at radius 3 is 1.08 bits per heavy atom. The fourth-order valence-corrected chi connectivity index (χ4v) is 12.8. The number of aliphatic hydroxyl groups excluding tert-OH is 11. The van der Waals surface area contributed by atoms with E-state index >= 15 is 0 Å². The molecular weight excluding hydrogens is 1190 g/mol. The van der Waals surface area contributed by atoms with Gasteiger partial charge in [-0.05, 0) is 44.9 Å². The van der Waals surface area contributed by atoms with E-state index in [1.54, 1.807) is 6.08 Å². The van der Waals surface area contributed by atoms with Crippen LogP contribution in [0.3, 0.4) is 0 Å². The van der Waals surface area contributed by atoms with Gasteiger partial charge in [-0.2, -0.15) is 0 Å². The Morgan fingerprint density at radius 1 is 0.376 bits per heavy atom. The Hall–Kier alpha value is -1.99. The molecule has 3 fully saturated rings. The number of carbonyl (C=O) groups is 1. The van der Waals surface area contributed by atoms with Crippen LogP contribution < -0.4 is 5.32 Å². The van der Waals surface area contributed by atoms with E-state index < -0.39 is 124 Å². The molecule has 3 rings (SSSR count). The van der Waals surface area contributed by atoms with Gasteiger partial charge < -0.3 is 89.9 Å². The van der Waals surface area contributed by atoms with E-state index in [2.05, 4.69) is 43.5 Å². The van der Waals surface area contributed by atoms with Crippen LogP contribution in [0.4, 0.5) is 0 Å². The number of hydrogen-bond donors (Lipinski definition) is 12. The van der Waals surface area contributed by atoms with Crippen LogP contribution in [0.5, 0.6) is 0 Å². The molecule has 0 saturated carbocycles. The summed E-state index contributed by atoms with van der Waals surface area (Å²) in [4.78, 5) is 13.4. The summed E-state index contributed by atoms with van der Waals surface area (Å²) in [7, 11) is 0. The van der Waals surface area contributed by atoms with Crippen molar-refractivity contribution in [3.8, 4) is 0 Å². The second-order valence-electron chi connectivity index (χ2n) is 27.1. The normalized spacial score (nSPS) is 27.7. The van der Waals surface area contributed by atoms with Crippen molar-refractivity contribution in [2.24, 2.45) is 0 Å². The van der Waals surface area contributed by atoms with Gasteiger partial charge in [0.1, 0.15) is 73.2 Å². The predicted molar refractivity (Wildman–Crippen MR) is 365 cm³/mol. The molecule has 0 aromatic rings. The fourth-order valence-electron chi connectivity index (χ4n) is 12.8. The summed E-state index contributed by atoms with van der Waals surface area (Å²) in [6.07, 6.45) is 39.9. The first-order chi connectivity index (χ1) is 45.3. The standard InChI is InChI=1S/C74H137NO18/c1-3-5-7-9-11-13-15-17-19-21-23-25-27-29-31-33-35-37-39-41-43-45-47-49-51-58(79)57(75-62(80)52-50-48-46-44-42-40-38-36-34-32-30-28-26-24-22-20-18-16-14-12-10-8-6-4-2)56-88-72-68(86)65(83)70(60(54-77)90-72)93-74-69(87)66(84)71(61(55-78)91-74)92-73-67(85)64(82)63(81)59(53-76)89-73/h33,35,41,43,49,51,57-61,63-74,76-79,81-87H,3-32,34,36-40,42,44-48,50,52-56H2,1-2H3,(H,75,80)/b35-33+,43-41+,51-49+. The summed E-state index contributed by atoms with van der Waals surface area (Å²) in [6.45, 7) is 1.75. The number of allylic oxidation sites excluding steroid dienone is 5. The number of carbonyl (C=O) groups excluding carboxylic acids is 1. The molecule has 3 aliphatic heterocycles. The molecule has 3 aliphatic rings. The van der Waals surface area contributed by atoms with E-state index in [0.717, 1.165) is 44.9 Å². The van der Waals surface area contributed by atoms with Crippen molar-refractivity contribution in [2.75, 3.05) is 26.4 Å². The van der Waals surface area contributed by atoms with E-state index in [1.165, 1.54) is 218 Å². The van der Waals surface area contributed by atoms with Crippen molar-refractivity contribution in [1.29, 1.82) is 0 Å². The van der Waals surface area contributed by atoms with Gasteiger partial charge in [0.05, 0.1) is 38.6 Å². The third-order valence-corrected chi connectivity index (χ3v) is 18.9. The second kappa shape index (κ2) is 55.8. The van der Waals surface area contributed by atoms with E-state index in [-0.39, 0.29) is 18.9 Å². The SMILES string of the molecule is CCCCCCCCCCCCCCCC/C=C/CC/C=C/CC/C=C/C(O)C(COC1OC(CO)C(OC2OC(CO)C(OC3OC(CO)C(O)C(O)C3O)C(O)C2O)C(O)C1O)NC(=O)CCCCCCCCCCCCCCCCCCCCCCCCCC. The monoisotopic (exact) mass is 1330 g/mol. The highest BCUT2D eigenvalue weighted by Gasteiger charge is 2.53. The van der Waals surface area contributed by atoms with Crippen molar-refractivity contribution in [2.45, 2.75) is 401 Å². The third kappa shape index (κ3) is 37.1. The summed E-state index contributed by atoms with van der Waals surface area (Å²) >= 11 is 0. The molecule has 3 saturated heterocycles. The minimum Gasteiger partial charge on any atom is -0.394 e. The van der Waals surface area contributed by atoms with E-state index in [4.69, 9.17) is 28.4 Å². The minimum absolute atomic E-state index is 0.236. The Labute approximate surface area is 561 Å². The molecule has 17 unspecified atom stereocenters. The zero-order valence-corrected chi connectivity index (χ0v) is 58.0.